The van der Waals surface area contributed by atoms with Gasteiger partial charge < -0.3 is 10.6 Å². The SMILES string of the molecule is N#Cc1ccc(NC(=O)c2cccc(C(=O)Nc3c(F)cccc3F)c2)cc1. The molecule has 3 rings (SSSR count). The minimum absolute atomic E-state index is 0.0649. The Hall–Kier alpha value is -4.05. The average molecular weight is 377 g/mol. The van der Waals surface area contributed by atoms with Crippen molar-refractivity contribution >= 4 is 23.2 Å². The first-order valence-corrected chi connectivity index (χ1v) is 8.15. The van der Waals surface area contributed by atoms with Crippen LogP contribution in [0.4, 0.5) is 20.2 Å². The lowest BCUT2D eigenvalue weighted by Gasteiger charge is -2.09. The van der Waals surface area contributed by atoms with E-state index in [-0.39, 0.29) is 11.1 Å². The lowest BCUT2D eigenvalue weighted by molar-refractivity contribution is 0.102. The Labute approximate surface area is 159 Å². The molecule has 0 aliphatic carbocycles. The smallest absolute Gasteiger partial charge is 0.255 e. The van der Waals surface area contributed by atoms with Gasteiger partial charge in [-0.25, -0.2) is 8.78 Å². The number of nitriles is 1. The van der Waals surface area contributed by atoms with Crippen molar-refractivity contribution in [2.75, 3.05) is 10.6 Å². The van der Waals surface area contributed by atoms with Crippen LogP contribution in [0.5, 0.6) is 0 Å². The second-order valence-electron chi connectivity index (χ2n) is 5.77. The van der Waals surface area contributed by atoms with Crippen molar-refractivity contribution in [1.82, 2.24) is 0 Å². The van der Waals surface area contributed by atoms with E-state index in [1.54, 1.807) is 24.3 Å². The topological polar surface area (TPSA) is 82.0 Å². The fourth-order valence-electron chi connectivity index (χ4n) is 2.44. The maximum Gasteiger partial charge on any atom is 0.255 e. The number of hydrogen-bond acceptors (Lipinski definition) is 3. The van der Waals surface area contributed by atoms with E-state index in [9.17, 15) is 18.4 Å². The molecule has 0 aromatic heterocycles. The first-order chi connectivity index (χ1) is 13.5. The molecule has 3 aromatic rings. The molecule has 138 valence electrons. The van der Waals surface area contributed by atoms with Crippen molar-refractivity contribution in [1.29, 1.82) is 5.26 Å². The third-order valence-corrected chi connectivity index (χ3v) is 3.86. The number of carbonyl (C=O) groups is 2. The Kier molecular flexibility index (Phi) is 5.42. The fourth-order valence-corrected chi connectivity index (χ4v) is 2.44. The lowest BCUT2D eigenvalue weighted by atomic mass is 10.1. The fraction of sp³-hybridized carbons (Fsp3) is 0. The van der Waals surface area contributed by atoms with Gasteiger partial charge in [0, 0.05) is 16.8 Å². The van der Waals surface area contributed by atoms with E-state index in [1.807, 2.05) is 6.07 Å². The van der Waals surface area contributed by atoms with E-state index in [1.165, 1.54) is 30.3 Å². The number of nitrogens with zero attached hydrogens (tertiary/aromatic N) is 1. The highest BCUT2D eigenvalue weighted by molar-refractivity contribution is 6.08. The van der Waals surface area contributed by atoms with Gasteiger partial charge >= 0.3 is 0 Å². The van der Waals surface area contributed by atoms with Crippen LogP contribution in [0.3, 0.4) is 0 Å². The number of benzene rings is 3. The summed E-state index contributed by atoms with van der Waals surface area (Å²) in [7, 11) is 0. The van der Waals surface area contributed by atoms with Crippen molar-refractivity contribution in [2.24, 2.45) is 0 Å². The van der Waals surface area contributed by atoms with Crippen LogP contribution in [0.2, 0.25) is 0 Å². The molecule has 0 saturated carbocycles. The van der Waals surface area contributed by atoms with Gasteiger partial charge in [-0.1, -0.05) is 12.1 Å². The van der Waals surface area contributed by atoms with Gasteiger partial charge in [0.05, 0.1) is 11.6 Å². The maximum atomic E-state index is 13.7. The minimum Gasteiger partial charge on any atom is -0.322 e. The largest absolute Gasteiger partial charge is 0.322 e. The highest BCUT2D eigenvalue weighted by Crippen LogP contribution is 2.19. The Balaban J connectivity index is 1.76. The van der Waals surface area contributed by atoms with E-state index in [2.05, 4.69) is 10.6 Å². The molecule has 0 bridgehead atoms. The molecular formula is C21H13F2N3O2. The number of nitrogens with one attached hydrogen (secondary N) is 2. The van der Waals surface area contributed by atoms with E-state index in [4.69, 9.17) is 5.26 Å². The quantitative estimate of drug-likeness (QED) is 0.710. The van der Waals surface area contributed by atoms with Crippen molar-refractivity contribution in [3.63, 3.8) is 0 Å². The third kappa shape index (κ3) is 4.19. The predicted octanol–water partition coefficient (Wildman–Crippen LogP) is 4.34. The van der Waals surface area contributed by atoms with Crippen LogP contribution in [0.25, 0.3) is 0 Å². The number of anilines is 2. The van der Waals surface area contributed by atoms with Crippen LogP contribution in [-0.2, 0) is 0 Å². The van der Waals surface area contributed by atoms with Gasteiger partial charge in [0.1, 0.15) is 17.3 Å². The van der Waals surface area contributed by atoms with Crippen molar-refractivity contribution in [2.45, 2.75) is 0 Å². The Bertz CT molecular complexity index is 1070. The molecule has 0 spiro atoms. The van der Waals surface area contributed by atoms with Crippen molar-refractivity contribution < 1.29 is 18.4 Å². The molecule has 0 aliphatic rings. The molecule has 5 nitrogen and oxygen atoms in total. The Morgan fingerprint density at radius 3 is 1.89 bits per heavy atom. The standard InChI is InChI=1S/C21H13F2N3O2/c22-17-5-2-6-18(23)19(17)26-21(28)15-4-1-3-14(11-15)20(27)25-16-9-7-13(12-24)8-10-16/h1-11H,(H,25,27)(H,26,28). The highest BCUT2D eigenvalue weighted by atomic mass is 19.1. The molecule has 0 atom stereocenters. The van der Waals surface area contributed by atoms with Gasteiger partial charge in [0.25, 0.3) is 11.8 Å². The van der Waals surface area contributed by atoms with Gasteiger partial charge in [-0.3, -0.25) is 9.59 Å². The summed E-state index contributed by atoms with van der Waals surface area (Å²) < 4.78 is 27.4. The second-order valence-corrected chi connectivity index (χ2v) is 5.77. The minimum atomic E-state index is -0.900. The zero-order valence-corrected chi connectivity index (χ0v) is 14.4. The number of carbonyl (C=O) groups excluding carboxylic acids is 2. The van der Waals surface area contributed by atoms with Gasteiger partial charge in [-0.05, 0) is 54.6 Å². The maximum absolute atomic E-state index is 13.7. The zero-order valence-electron chi connectivity index (χ0n) is 14.4. The molecule has 0 aliphatic heterocycles. The van der Waals surface area contributed by atoms with Crippen LogP contribution >= 0.6 is 0 Å². The average Bonchev–Trinajstić information content (AvgIpc) is 2.71. The number of para-hydroxylation sites is 1. The summed E-state index contributed by atoms with van der Waals surface area (Å²) in [5.74, 6) is -3.03. The lowest BCUT2D eigenvalue weighted by Crippen LogP contribution is -2.16. The van der Waals surface area contributed by atoms with Gasteiger partial charge in [0.2, 0.25) is 0 Å². The van der Waals surface area contributed by atoms with Gasteiger partial charge in [-0.15, -0.1) is 0 Å². The molecule has 0 saturated heterocycles. The summed E-state index contributed by atoms with van der Waals surface area (Å²) in [5, 5.41) is 13.6. The van der Waals surface area contributed by atoms with Crippen LogP contribution in [0.15, 0.2) is 66.7 Å². The molecule has 0 radical (unpaired) electrons. The normalized spacial score (nSPS) is 10.0. The predicted molar refractivity (Wildman–Crippen MR) is 99.9 cm³/mol. The molecular weight excluding hydrogens is 364 g/mol. The number of amides is 2. The van der Waals surface area contributed by atoms with E-state index >= 15 is 0 Å². The molecule has 0 heterocycles. The molecule has 3 aromatic carbocycles. The number of rotatable bonds is 4. The van der Waals surface area contributed by atoms with Crippen LogP contribution < -0.4 is 10.6 Å². The van der Waals surface area contributed by atoms with Crippen LogP contribution in [0, 0.1) is 23.0 Å². The van der Waals surface area contributed by atoms with E-state index < -0.39 is 29.1 Å². The Morgan fingerprint density at radius 1 is 0.786 bits per heavy atom. The van der Waals surface area contributed by atoms with Gasteiger partial charge in [0.15, 0.2) is 0 Å². The number of halogens is 2. The highest BCUT2D eigenvalue weighted by Gasteiger charge is 2.15. The molecule has 0 fully saturated rings. The molecule has 28 heavy (non-hydrogen) atoms. The molecule has 0 unspecified atom stereocenters. The van der Waals surface area contributed by atoms with Crippen LogP contribution in [-0.4, -0.2) is 11.8 Å². The van der Waals surface area contributed by atoms with Crippen molar-refractivity contribution in [3.05, 3.63) is 95.1 Å². The summed E-state index contributed by atoms with van der Waals surface area (Å²) in [4.78, 5) is 24.7. The summed E-state index contributed by atoms with van der Waals surface area (Å²) in [6.45, 7) is 0. The first kappa shape index (κ1) is 18.7. The van der Waals surface area contributed by atoms with Crippen LogP contribution in [0.1, 0.15) is 26.3 Å². The van der Waals surface area contributed by atoms with Gasteiger partial charge in [-0.2, -0.15) is 5.26 Å². The van der Waals surface area contributed by atoms with E-state index in [0.29, 0.717) is 11.3 Å². The zero-order chi connectivity index (χ0) is 20.1. The number of hydrogen-bond donors (Lipinski definition) is 2. The van der Waals surface area contributed by atoms with Crippen molar-refractivity contribution in [3.8, 4) is 6.07 Å². The van der Waals surface area contributed by atoms with E-state index in [0.717, 1.165) is 12.1 Å². The Morgan fingerprint density at radius 2 is 1.32 bits per heavy atom. The third-order valence-electron chi connectivity index (χ3n) is 3.86. The summed E-state index contributed by atoms with van der Waals surface area (Å²) in [5.41, 5.74) is 0.630. The summed E-state index contributed by atoms with van der Waals surface area (Å²) in [6.07, 6.45) is 0. The molecule has 2 amide bonds. The molecule has 2 N–H and O–H groups in total. The summed E-state index contributed by atoms with van der Waals surface area (Å²) >= 11 is 0. The monoisotopic (exact) mass is 377 g/mol. The second kappa shape index (κ2) is 8.10. The first-order valence-electron chi connectivity index (χ1n) is 8.15. The molecule has 7 heteroatoms. The summed E-state index contributed by atoms with van der Waals surface area (Å²) in [6, 6.07) is 17.2.